The molecule has 0 heterocycles. The van der Waals surface area contributed by atoms with Gasteiger partial charge in [-0.25, -0.2) is 0 Å². The molecular weight excluding hydrogens is 291 g/mol. The van der Waals surface area contributed by atoms with E-state index in [0.29, 0.717) is 18.7 Å². The third-order valence-electron chi connectivity index (χ3n) is 3.17. The fourth-order valence-electron chi connectivity index (χ4n) is 2.04. The zero-order valence-electron chi connectivity index (χ0n) is 12.3. The fraction of sp³-hybridized carbons (Fsp3) is 0.294. The van der Waals surface area contributed by atoms with E-state index in [9.17, 15) is 13.2 Å². The third-order valence-corrected chi connectivity index (χ3v) is 3.17. The van der Waals surface area contributed by atoms with E-state index in [-0.39, 0.29) is 12.4 Å². The monoisotopic (exact) mass is 309 g/mol. The van der Waals surface area contributed by atoms with Crippen molar-refractivity contribution in [2.24, 2.45) is 0 Å². The van der Waals surface area contributed by atoms with Gasteiger partial charge in [0.1, 0.15) is 12.4 Å². The van der Waals surface area contributed by atoms with Crippen LogP contribution in [0.15, 0.2) is 48.5 Å². The normalized spacial score (nSPS) is 11.5. The molecular formula is C17H18F3NO. The number of ether oxygens (including phenoxy) is 1. The Kier molecular flexibility index (Phi) is 5.44. The van der Waals surface area contributed by atoms with Gasteiger partial charge in [-0.2, -0.15) is 13.2 Å². The lowest BCUT2D eigenvalue weighted by Gasteiger charge is -2.15. The summed E-state index contributed by atoms with van der Waals surface area (Å²) < 4.78 is 44.9. The minimum atomic E-state index is -4.44. The van der Waals surface area contributed by atoms with Crippen LogP contribution in [0, 0.1) is 0 Å². The number of hydrogen-bond acceptors (Lipinski definition) is 2. The van der Waals surface area contributed by atoms with E-state index in [1.807, 2.05) is 37.3 Å². The van der Waals surface area contributed by atoms with E-state index in [4.69, 9.17) is 4.74 Å². The van der Waals surface area contributed by atoms with E-state index >= 15 is 0 Å². The molecule has 0 amide bonds. The third kappa shape index (κ3) is 4.49. The number of alkyl halides is 3. The molecule has 0 unspecified atom stereocenters. The lowest BCUT2D eigenvalue weighted by molar-refractivity contribution is -0.139. The molecule has 0 aliphatic carbocycles. The van der Waals surface area contributed by atoms with Crippen LogP contribution in [0.25, 0.3) is 0 Å². The van der Waals surface area contributed by atoms with Gasteiger partial charge in [0.2, 0.25) is 0 Å². The first-order valence-electron chi connectivity index (χ1n) is 7.08. The molecule has 22 heavy (non-hydrogen) atoms. The predicted octanol–water partition coefficient (Wildman–Crippen LogP) is 4.39. The molecule has 0 aliphatic rings. The zero-order chi connectivity index (χ0) is 16.0. The Hall–Kier alpha value is -2.01. The van der Waals surface area contributed by atoms with Gasteiger partial charge in [-0.3, -0.25) is 0 Å². The summed E-state index contributed by atoms with van der Waals surface area (Å²) in [6.07, 6.45) is -4.44. The SMILES string of the molecule is CCNCc1ccc(OCc2ccccc2)c(C(F)(F)F)c1. The largest absolute Gasteiger partial charge is 0.488 e. The Morgan fingerprint density at radius 2 is 1.73 bits per heavy atom. The van der Waals surface area contributed by atoms with Crippen LogP contribution in [-0.4, -0.2) is 6.54 Å². The molecule has 1 N–H and O–H groups in total. The molecule has 0 aromatic heterocycles. The second-order valence-corrected chi connectivity index (χ2v) is 4.88. The Bertz CT molecular complexity index is 597. The average molecular weight is 309 g/mol. The Labute approximate surface area is 127 Å². The molecule has 0 aliphatic heterocycles. The van der Waals surface area contributed by atoms with E-state index in [2.05, 4.69) is 5.32 Å². The van der Waals surface area contributed by atoms with E-state index in [1.54, 1.807) is 6.07 Å². The van der Waals surface area contributed by atoms with Gasteiger partial charge in [0.25, 0.3) is 0 Å². The fourth-order valence-corrected chi connectivity index (χ4v) is 2.04. The molecule has 0 atom stereocenters. The topological polar surface area (TPSA) is 21.3 Å². The Morgan fingerprint density at radius 3 is 2.36 bits per heavy atom. The van der Waals surface area contributed by atoms with Gasteiger partial charge in [-0.05, 0) is 29.8 Å². The first-order valence-corrected chi connectivity index (χ1v) is 7.08. The van der Waals surface area contributed by atoms with E-state index in [0.717, 1.165) is 11.6 Å². The minimum absolute atomic E-state index is 0.108. The van der Waals surface area contributed by atoms with Crippen molar-refractivity contribution in [2.75, 3.05) is 6.54 Å². The van der Waals surface area contributed by atoms with Crippen LogP contribution in [-0.2, 0) is 19.3 Å². The molecule has 0 saturated carbocycles. The maximum Gasteiger partial charge on any atom is 0.419 e. The average Bonchev–Trinajstić information content (AvgIpc) is 2.51. The van der Waals surface area contributed by atoms with Crippen molar-refractivity contribution < 1.29 is 17.9 Å². The highest BCUT2D eigenvalue weighted by molar-refractivity contribution is 5.39. The molecule has 2 aromatic carbocycles. The Balaban J connectivity index is 2.18. The highest BCUT2D eigenvalue weighted by atomic mass is 19.4. The molecule has 2 nitrogen and oxygen atoms in total. The van der Waals surface area contributed by atoms with Crippen LogP contribution in [0.5, 0.6) is 5.75 Å². The van der Waals surface area contributed by atoms with Crippen molar-refractivity contribution >= 4 is 0 Å². The number of benzene rings is 2. The van der Waals surface area contributed by atoms with E-state index < -0.39 is 11.7 Å². The number of hydrogen-bond donors (Lipinski definition) is 1. The molecule has 0 fully saturated rings. The van der Waals surface area contributed by atoms with Gasteiger partial charge in [0.15, 0.2) is 0 Å². The number of rotatable bonds is 6. The highest BCUT2D eigenvalue weighted by Crippen LogP contribution is 2.37. The van der Waals surface area contributed by atoms with Gasteiger partial charge in [-0.1, -0.05) is 43.3 Å². The summed E-state index contributed by atoms with van der Waals surface area (Å²) in [5.41, 5.74) is 0.674. The van der Waals surface area contributed by atoms with Crippen LogP contribution >= 0.6 is 0 Å². The van der Waals surface area contributed by atoms with Gasteiger partial charge in [0.05, 0.1) is 5.56 Å². The molecule has 5 heteroatoms. The van der Waals surface area contributed by atoms with Crippen LogP contribution in [0.1, 0.15) is 23.6 Å². The summed E-state index contributed by atoms with van der Waals surface area (Å²) in [6, 6.07) is 13.3. The standard InChI is InChI=1S/C17H18F3NO/c1-2-21-11-14-8-9-16(15(10-14)17(18,19)20)22-12-13-6-4-3-5-7-13/h3-10,21H,2,11-12H2,1H3. The number of nitrogens with one attached hydrogen (secondary N) is 1. The highest BCUT2D eigenvalue weighted by Gasteiger charge is 2.34. The van der Waals surface area contributed by atoms with Crippen molar-refractivity contribution in [1.29, 1.82) is 0 Å². The second-order valence-electron chi connectivity index (χ2n) is 4.88. The van der Waals surface area contributed by atoms with Crippen LogP contribution in [0.4, 0.5) is 13.2 Å². The van der Waals surface area contributed by atoms with Crippen molar-refractivity contribution in [3.8, 4) is 5.75 Å². The summed E-state index contributed by atoms with van der Waals surface area (Å²) in [5.74, 6) is -0.142. The summed E-state index contributed by atoms with van der Waals surface area (Å²) in [5, 5.41) is 3.01. The molecule has 0 radical (unpaired) electrons. The smallest absolute Gasteiger partial charge is 0.419 e. The zero-order valence-corrected chi connectivity index (χ0v) is 12.3. The summed E-state index contributed by atoms with van der Waals surface area (Å²) in [4.78, 5) is 0. The van der Waals surface area contributed by atoms with Crippen molar-refractivity contribution in [2.45, 2.75) is 26.3 Å². The number of halogens is 3. The molecule has 2 rings (SSSR count). The van der Waals surface area contributed by atoms with Crippen LogP contribution in [0.3, 0.4) is 0 Å². The molecule has 0 bridgehead atoms. The van der Waals surface area contributed by atoms with Crippen molar-refractivity contribution in [1.82, 2.24) is 5.32 Å². The van der Waals surface area contributed by atoms with Gasteiger partial charge in [0, 0.05) is 6.54 Å². The molecule has 2 aromatic rings. The van der Waals surface area contributed by atoms with Crippen LogP contribution in [0.2, 0.25) is 0 Å². The lowest BCUT2D eigenvalue weighted by atomic mass is 10.1. The maximum atomic E-state index is 13.2. The molecule has 0 saturated heterocycles. The lowest BCUT2D eigenvalue weighted by Crippen LogP contribution is -2.14. The predicted molar refractivity (Wildman–Crippen MR) is 79.6 cm³/mol. The van der Waals surface area contributed by atoms with Gasteiger partial charge >= 0.3 is 6.18 Å². The van der Waals surface area contributed by atoms with Crippen LogP contribution < -0.4 is 10.1 Å². The Morgan fingerprint density at radius 1 is 1.00 bits per heavy atom. The summed E-state index contributed by atoms with van der Waals surface area (Å²) in [7, 11) is 0. The summed E-state index contributed by atoms with van der Waals surface area (Å²) in [6.45, 7) is 3.12. The maximum absolute atomic E-state index is 13.2. The minimum Gasteiger partial charge on any atom is -0.488 e. The first kappa shape index (κ1) is 16.4. The second kappa shape index (κ2) is 7.31. The first-order chi connectivity index (χ1) is 10.5. The molecule has 118 valence electrons. The van der Waals surface area contributed by atoms with Crippen molar-refractivity contribution in [3.63, 3.8) is 0 Å². The summed E-state index contributed by atoms with van der Waals surface area (Å²) >= 11 is 0. The van der Waals surface area contributed by atoms with Gasteiger partial charge < -0.3 is 10.1 Å². The van der Waals surface area contributed by atoms with Gasteiger partial charge in [-0.15, -0.1) is 0 Å². The van der Waals surface area contributed by atoms with E-state index in [1.165, 1.54) is 6.07 Å². The quantitative estimate of drug-likeness (QED) is 0.854. The molecule has 0 spiro atoms. The van der Waals surface area contributed by atoms with Crippen molar-refractivity contribution in [3.05, 3.63) is 65.2 Å².